The first-order valence-corrected chi connectivity index (χ1v) is 9.50. The minimum atomic E-state index is -0.499. The van der Waals surface area contributed by atoms with Crippen LogP contribution in [0.3, 0.4) is 0 Å². The maximum Gasteiger partial charge on any atom is 0.256 e. The van der Waals surface area contributed by atoms with E-state index in [9.17, 15) is 14.0 Å². The Bertz CT molecular complexity index is 848. The standard InChI is InChI=1S/C22H23FN2O2/c23-19-10-5-4-9-18(19)20(26)24-13-6-14-25(16-15-24)21(27)22(11-12-22)17-7-2-1-3-8-17/h1-5,7-10H,6,11-16H2. The van der Waals surface area contributed by atoms with Crippen LogP contribution < -0.4 is 0 Å². The van der Waals surface area contributed by atoms with E-state index >= 15 is 0 Å². The Balaban J connectivity index is 1.45. The van der Waals surface area contributed by atoms with E-state index in [4.69, 9.17) is 0 Å². The Kier molecular flexibility index (Phi) is 4.68. The average Bonchev–Trinajstić information content (AvgIpc) is 3.53. The number of nitrogens with zero attached hydrogens (tertiary/aromatic N) is 2. The van der Waals surface area contributed by atoms with Gasteiger partial charge in [0.05, 0.1) is 11.0 Å². The fraction of sp³-hybridized carbons (Fsp3) is 0.364. The fourth-order valence-corrected chi connectivity index (χ4v) is 3.94. The second-order valence-corrected chi connectivity index (χ2v) is 7.37. The van der Waals surface area contributed by atoms with Gasteiger partial charge in [-0.25, -0.2) is 4.39 Å². The van der Waals surface area contributed by atoms with Gasteiger partial charge >= 0.3 is 0 Å². The van der Waals surface area contributed by atoms with Crippen molar-refractivity contribution in [2.24, 2.45) is 0 Å². The summed E-state index contributed by atoms with van der Waals surface area (Å²) in [6, 6.07) is 16.0. The summed E-state index contributed by atoms with van der Waals surface area (Å²) >= 11 is 0. The van der Waals surface area contributed by atoms with E-state index in [0.717, 1.165) is 18.4 Å². The molecule has 1 saturated heterocycles. The third kappa shape index (κ3) is 3.34. The first-order valence-electron chi connectivity index (χ1n) is 9.50. The van der Waals surface area contributed by atoms with Crippen molar-refractivity contribution in [2.75, 3.05) is 26.2 Å². The molecule has 2 aliphatic rings. The summed E-state index contributed by atoms with van der Waals surface area (Å²) in [6.07, 6.45) is 2.46. The van der Waals surface area contributed by atoms with Crippen LogP contribution in [-0.4, -0.2) is 47.8 Å². The van der Waals surface area contributed by atoms with Crippen LogP contribution in [0.1, 0.15) is 35.2 Å². The number of carbonyl (C=O) groups excluding carboxylic acids is 2. The van der Waals surface area contributed by atoms with Crippen molar-refractivity contribution in [3.05, 3.63) is 71.5 Å². The molecule has 1 aliphatic heterocycles. The van der Waals surface area contributed by atoms with Crippen molar-refractivity contribution >= 4 is 11.8 Å². The van der Waals surface area contributed by atoms with Gasteiger partial charge in [-0.3, -0.25) is 9.59 Å². The number of amides is 2. The molecule has 1 saturated carbocycles. The molecule has 0 N–H and O–H groups in total. The van der Waals surface area contributed by atoms with E-state index in [0.29, 0.717) is 32.6 Å². The Morgan fingerprint density at radius 1 is 0.815 bits per heavy atom. The van der Waals surface area contributed by atoms with Gasteiger partial charge in [-0.05, 0) is 37.0 Å². The number of halogens is 1. The third-order valence-corrected chi connectivity index (χ3v) is 5.66. The zero-order valence-electron chi connectivity index (χ0n) is 15.2. The van der Waals surface area contributed by atoms with Crippen LogP contribution in [-0.2, 0) is 10.2 Å². The van der Waals surface area contributed by atoms with Crippen molar-refractivity contribution in [1.29, 1.82) is 0 Å². The van der Waals surface area contributed by atoms with E-state index in [-0.39, 0.29) is 22.8 Å². The largest absolute Gasteiger partial charge is 0.340 e. The maximum atomic E-state index is 13.9. The first kappa shape index (κ1) is 17.7. The summed E-state index contributed by atoms with van der Waals surface area (Å²) in [4.78, 5) is 29.4. The summed E-state index contributed by atoms with van der Waals surface area (Å²) in [6.45, 7) is 2.10. The lowest BCUT2D eigenvalue weighted by atomic mass is 9.94. The van der Waals surface area contributed by atoms with Crippen molar-refractivity contribution in [2.45, 2.75) is 24.7 Å². The lowest BCUT2D eigenvalue weighted by Gasteiger charge is -2.26. The van der Waals surface area contributed by atoms with E-state index in [1.165, 1.54) is 12.1 Å². The highest BCUT2D eigenvalue weighted by atomic mass is 19.1. The molecule has 2 aromatic rings. The second kappa shape index (κ2) is 7.14. The molecule has 2 aromatic carbocycles. The molecule has 4 rings (SSSR count). The summed E-state index contributed by atoms with van der Waals surface area (Å²) in [5.41, 5.74) is 0.796. The van der Waals surface area contributed by atoms with Crippen LogP contribution in [0.2, 0.25) is 0 Å². The molecule has 0 aromatic heterocycles. The lowest BCUT2D eigenvalue weighted by Crippen LogP contribution is -2.42. The topological polar surface area (TPSA) is 40.6 Å². The van der Waals surface area contributed by atoms with E-state index in [1.54, 1.807) is 17.0 Å². The van der Waals surface area contributed by atoms with Gasteiger partial charge in [0, 0.05) is 26.2 Å². The van der Waals surface area contributed by atoms with Crippen LogP contribution >= 0.6 is 0 Å². The molecule has 140 valence electrons. The monoisotopic (exact) mass is 366 g/mol. The second-order valence-electron chi connectivity index (χ2n) is 7.37. The lowest BCUT2D eigenvalue weighted by molar-refractivity contribution is -0.133. The molecular formula is C22H23FN2O2. The summed E-state index contributed by atoms with van der Waals surface area (Å²) < 4.78 is 13.9. The van der Waals surface area contributed by atoms with Crippen LogP contribution in [0.25, 0.3) is 0 Å². The predicted molar refractivity (Wildman–Crippen MR) is 101 cm³/mol. The van der Waals surface area contributed by atoms with E-state index < -0.39 is 5.82 Å². The summed E-state index contributed by atoms with van der Waals surface area (Å²) in [5.74, 6) is -0.638. The highest BCUT2D eigenvalue weighted by Crippen LogP contribution is 2.49. The van der Waals surface area contributed by atoms with Gasteiger partial charge in [-0.2, -0.15) is 0 Å². The molecule has 4 nitrogen and oxygen atoms in total. The van der Waals surface area contributed by atoms with E-state index in [2.05, 4.69) is 0 Å². The molecule has 0 atom stereocenters. The number of hydrogen-bond acceptors (Lipinski definition) is 2. The van der Waals surface area contributed by atoms with Gasteiger partial charge in [0.15, 0.2) is 0 Å². The predicted octanol–water partition coefficient (Wildman–Crippen LogP) is 3.23. The minimum absolute atomic E-state index is 0.0974. The Hall–Kier alpha value is -2.69. The minimum Gasteiger partial charge on any atom is -0.340 e. The molecule has 0 unspecified atom stereocenters. The zero-order valence-corrected chi connectivity index (χ0v) is 15.2. The Morgan fingerprint density at radius 2 is 1.44 bits per heavy atom. The van der Waals surface area contributed by atoms with Crippen LogP contribution in [0.15, 0.2) is 54.6 Å². The highest BCUT2D eigenvalue weighted by Gasteiger charge is 2.52. The number of hydrogen-bond donors (Lipinski definition) is 0. The molecule has 5 heteroatoms. The smallest absolute Gasteiger partial charge is 0.256 e. The normalized spacial score (nSPS) is 18.7. The molecule has 2 fully saturated rings. The average molecular weight is 366 g/mol. The number of carbonyl (C=O) groups is 2. The SMILES string of the molecule is O=C(c1ccccc1F)N1CCCN(C(=O)C2(c3ccccc3)CC2)CC1. The van der Waals surface area contributed by atoms with Crippen molar-refractivity contribution in [3.8, 4) is 0 Å². The van der Waals surface area contributed by atoms with Crippen LogP contribution in [0.4, 0.5) is 4.39 Å². The zero-order chi connectivity index (χ0) is 18.9. The van der Waals surface area contributed by atoms with Gasteiger partial charge in [-0.15, -0.1) is 0 Å². The van der Waals surface area contributed by atoms with E-state index in [1.807, 2.05) is 35.2 Å². The van der Waals surface area contributed by atoms with Crippen LogP contribution in [0, 0.1) is 5.82 Å². The molecule has 1 heterocycles. The van der Waals surface area contributed by atoms with Gasteiger partial charge < -0.3 is 9.80 Å². The van der Waals surface area contributed by atoms with Gasteiger partial charge in [0.25, 0.3) is 5.91 Å². The van der Waals surface area contributed by atoms with Gasteiger partial charge in [0.2, 0.25) is 5.91 Å². The first-order chi connectivity index (χ1) is 13.1. The van der Waals surface area contributed by atoms with Gasteiger partial charge in [-0.1, -0.05) is 42.5 Å². The molecular weight excluding hydrogens is 343 g/mol. The van der Waals surface area contributed by atoms with Gasteiger partial charge in [0.1, 0.15) is 5.82 Å². The summed E-state index contributed by atoms with van der Waals surface area (Å²) in [7, 11) is 0. The van der Waals surface area contributed by atoms with Crippen LogP contribution in [0.5, 0.6) is 0 Å². The number of benzene rings is 2. The molecule has 2 amide bonds. The molecule has 1 aliphatic carbocycles. The molecule has 27 heavy (non-hydrogen) atoms. The fourth-order valence-electron chi connectivity index (χ4n) is 3.94. The molecule has 0 radical (unpaired) electrons. The van der Waals surface area contributed by atoms with Crippen molar-refractivity contribution < 1.29 is 14.0 Å². The number of rotatable bonds is 3. The van der Waals surface area contributed by atoms with Crippen molar-refractivity contribution in [1.82, 2.24) is 9.80 Å². The summed E-state index contributed by atoms with van der Waals surface area (Å²) in [5, 5.41) is 0. The maximum absolute atomic E-state index is 13.9. The Morgan fingerprint density at radius 3 is 2.15 bits per heavy atom. The third-order valence-electron chi connectivity index (χ3n) is 5.66. The quantitative estimate of drug-likeness (QED) is 0.837. The van der Waals surface area contributed by atoms with Crippen molar-refractivity contribution in [3.63, 3.8) is 0 Å². The Labute approximate surface area is 158 Å². The molecule has 0 bridgehead atoms. The molecule has 0 spiro atoms. The highest BCUT2D eigenvalue weighted by molar-refractivity contribution is 5.95.